The molecule has 0 fully saturated rings. The molecule has 0 bridgehead atoms. The lowest BCUT2D eigenvalue weighted by Crippen LogP contribution is -2.15. The maximum absolute atomic E-state index is 13.3. The third-order valence-corrected chi connectivity index (χ3v) is 3.28. The molecule has 0 aliphatic heterocycles. The number of nitrogens with zero attached hydrogens (tertiary/aromatic N) is 2. The molecule has 0 spiro atoms. The summed E-state index contributed by atoms with van der Waals surface area (Å²) < 4.78 is 39.9. The summed E-state index contributed by atoms with van der Waals surface area (Å²) in [5, 5.41) is 1.43. The zero-order chi connectivity index (χ0) is 15.9. The lowest BCUT2D eigenvalue weighted by molar-refractivity contribution is -0.140. The molecule has 0 saturated heterocycles. The Balaban J connectivity index is 2.41. The number of nitrogens with two attached hydrogens (primary N) is 2. The summed E-state index contributed by atoms with van der Waals surface area (Å²) >= 11 is 0. The minimum Gasteiger partial charge on any atom is -0.383 e. The molecule has 3 aromatic rings. The second-order valence-corrected chi connectivity index (χ2v) is 4.72. The maximum Gasteiger partial charge on any atom is 0.434 e. The van der Waals surface area contributed by atoms with Crippen LogP contribution in [0, 0.1) is 0 Å². The highest BCUT2D eigenvalue weighted by Gasteiger charge is 2.38. The SMILES string of the molecule is Nc1nc(N)c(-c2cccc3ccccc23)c(C(F)(F)F)n1. The Morgan fingerprint density at radius 3 is 2.27 bits per heavy atom. The van der Waals surface area contributed by atoms with Crippen LogP contribution in [0.4, 0.5) is 24.9 Å². The van der Waals surface area contributed by atoms with Crippen molar-refractivity contribution >= 4 is 22.5 Å². The molecule has 4 N–H and O–H groups in total. The van der Waals surface area contributed by atoms with Crippen LogP contribution in [0.2, 0.25) is 0 Å². The minimum absolute atomic E-state index is 0.251. The topological polar surface area (TPSA) is 77.8 Å². The summed E-state index contributed by atoms with van der Waals surface area (Å²) in [6.07, 6.45) is -4.68. The number of aromatic nitrogens is 2. The van der Waals surface area contributed by atoms with Crippen LogP contribution in [0.3, 0.4) is 0 Å². The molecule has 1 aromatic heterocycles. The van der Waals surface area contributed by atoms with Crippen LogP contribution >= 0.6 is 0 Å². The van der Waals surface area contributed by atoms with Crippen molar-refractivity contribution in [3.8, 4) is 11.1 Å². The first-order valence-corrected chi connectivity index (χ1v) is 6.36. The predicted molar refractivity (Wildman–Crippen MR) is 78.8 cm³/mol. The minimum atomic E-state index is -4.68. The van der Waals surface area contributed by atoms with Gasteiger partial charge in [0.2, 0.25) is 5.95 Å². The van der Waals surface area contributed by atoms with E-state index < -0.39 is 17.8 Å². The smallest absolute Gasteiger partial charge is 0.383 e. The van der Waals surface area contributed by atoms with E-state index in [1.54, 1.807) is 42.5 Å². The monoisotopic (exact) mass is 304 g/mol. The fourth-order valence-corrected chi connectivity index (χ4v) is 2.41. The summed E-state index contributed by atoms with van der Waals surface area (Å²) in [6.45, 7) is 0. The van der Waals surface area contributed by atoms with Gasteiger partial charge in [-0.2, -0.15) is 18.2 Å². The number of nitrogen functional groups attached to an aromatic ring is 2. The molecule has 0 amide bonds. The molecule has 0 radical (unpaired) electrons. The van der Waals surface area contributed by atoms with Crippen molar-refractivity contribution in [2.75, 3.05) is 11.5 Å². The van der Waals surface area contributed by atoms with E-state index in [1.165, 1.54) is 0 Å². The molecule has 7 heteroatoms. The van der Waals surface area contributed by atoms with Gasteiger partial charge in [-0.25, -0.2) is 4.98 Å². The van der Waals surface area contributed by atoms with Gasteiger partial charge in [-0.1, -0.05) is 42.5 Å². The third-order valence-electron chi connectivity index (χ3n) is 3.28. The Bertz CT molecular complexity index is 854. The predicted octanol–water partition coefficient (Wildman–Crippen LogP) is 3.48. The van der Waals surface area contributed by atoms with Crippen molar-refractivity contribution < 1.29 is 13.2 Å². The normalized spacial score (nSPS) is 11.8. The molecule has 22 heavy (non-hydrogen) atoms. The van der Waals surface area contributed by atoms with Crippen LogP contribution in [-0.2, 0) is 6.18 Å². The summed E-state index contributed by atoms with van der Waals surface area (Å²) in [5.41, 5.74) is 9.96. The van der Waals surface area contributed by atoms with Crippen LogP contribution in [0.1, 0.15) is 5.69 Å². The van der Waals surface area contributed by atoms with Crippen LogP contribution < -0.4 is 11.5 Å². The highest BCUT2D eigenvalue weighted by Crippen LogP contribution is 2.41. The highest BCUT2D eigenvalue weighted by molar-refractivity contribution is 5.99. The number of halogens is 3. The van der Waals surface area contributed by atoms with Crippen molar-refractivity contribution in [1.29, 1.82) is 0 Å². The fourth-order valence-electron chi connectivity index (χ4n) is 2.41. The molecule has 0 unspecified atom stereocenters. The van der Waals surface area contributed by atoms with E-state index in [0.29, 0.717) is 10.9 Å². The molecule has 112 valence electrons. The quantitative estimate of drug-likeness (QED) is 0.721. The first-order valence-electron chi connectivity index (χ1n) is 6.36. The molecule has 0 aliphatic carbocycles. The Morgan fingerprint density at radius 1 is 0.864 bits per heavy atom. The average molecular weight is 304 g/mol. The molecule has 1 heterocycles. The van der Waals surface area contributed by atoms with E-state index >= 15 is 0 Å². The number of alkyl halides is 3. The Morgan fingerprint density at radius 2 is 1.55 bits per heavy atom. The van der Waals surface area contributed by atoms with Crippen LogP contribution in [0.25, 0.3) is 21.9 Å². The summed E-state index contributed by atoms with van der Waals surface area (Å²) in [6, 6.07) is 12.1. The lowest BCUT2D eigenvalue weighted by Gasteiger charge is -2.15. The summed E-state index contributed by atoms with van der Waals surface area (Å²) in [5.74, 6) is -0.801. The van der Waals surface area contributed by atoms with Gasteiger partial charge in [0.05, 0.1) is 5.56 Å². The van der Waals surface area contributed by atoms with Gasteiger partial charge >= 0.3 is 6.18 Å². The van der Waals surface area contributed by atoms with E-state index in [2.05, 4.69) is 9.97 Å². The second kappa shape index (κ2) is 4.87. The van der Waals surface area contributed by atoms with Crippen molar-refractivity contribution in [2.45, 2.75) is 6.18 Å². The van der Waals surface area contributed by atoms with Crippen molar-refractivity contribution in [2.24, 2.45) is 0 Å². The molecular weight excluding hydrogens is 293 g/mol. The van der Waals surface area contributed by atoms with E-state index in [-0.39, 0.29) is 11.4 Å². The van der Waals surface area contributed by atoms with Gasteiger partial charge in [0.1, 0.15) is 5.82 Å². The fraction of sp³-hybridized carbons (Fsp3) is 0.0667. The lowest BCUT2D eigenvalue weighted by atomic mass is 9.97. The number of fused-ring (bicyclic) bond motifs is 1. The molecular formula is C15H11F3N4. The van der Waals surface area contributed by atoms with Crippen molar-refractivity contribution in [1.82, 2.24) is 9.97 Å². The third kappa shape index (κ3) is 2.30. The van der Waals surface area contributed by atoms with E-state index in [4.69, 9.17) is 11.5 Å². The number of rotatable bonds is 1. The second-order valence-electron chi connectivity index (χ2n) is 4.72. The number of hydrogen-bond donors (Lipinski definition) is 2. The van der Waals surface area contributed by atoms with Crippen LogP contribution in [0.5, 0.6) is 0 Å². The van der Waals surface area contributed by atoms with E-state index in [0.717, 1.165) is 5.39 Å². The average Bonchev–Trinajstić information content (AvgIpc) is 2.45. The first-order chi connectivity index (χ1) is 10.4. The van der Waals surface area contributed by atoms with Gasteiger partial charge in [0.25, 0.3) is 0 Å². The van der Waals surface area contributed by atoms with E-state index in [9.17, 15) is 13.2 Å². The van der Waals surface area contributed by atoms with Crippen molar-refractivity contribution in [3.63, 3.8) is 0 Å². The standard InChI is InChI=1S/C15H11F3N4/c16-15(17,18)12-11(13(19)22-14(20)21-12)10-7-3-5-8-4-1-2-6-9(8)10/h1-7H,(H4,19,20,21,22). The van der Waals surface area contributed by atoms with Gasteiger partial charge in [0.15, 0.2) is 5.69 Å². The first kappa shape index (κ1) is 14.1. The van der Waals surface area contributed by atoms with Gasteiger partial charge in [-0.3, -0.25) is 0 Å². The van der Waals surface area contributed by atoms with Gasteiger partial charge in [0, 0.05) is 0 Å². The van der Waals surface area contributed by atoms with Gasteiger partial charge < -0.3 is 11.5 Å². The van der Waals surface area contributed by atoms with Crippen LogP contribution in [0.15, 0.2) is 42.5 Å². The molecule has 0 atom stereocenters. The zero-order valence-corrected chi connectivity index (χ0v) is 11.2. The summed E-state index contributed by atoms with van der Waals surface area (Å²) in [7, 11) is 0. The number of hydrogen-bond acceptors (Lipinski definition) is 4. The van der Waals surface area contributed by atoms with Gasteiger partial charge in [-0.05, 0) is 16.3 Å². The Labute approximate surface area is 123 Å². The van der Waals surface area contributed by atoms with Crippen LogP contribution in [-0.4, -0.2) is 9.97 Å². The maximum atomic E-state index is 13.3. The zero-order valence-electron chi connectivity index (χ0n) is 11.2. The van der Waals surface area contributed by atoms with Crippen molar-refractivity contribution in [3.05, 3.63) is 48.2 Å². The molecule has 3 rings (SSSR count). The molecule has 2 aromatic carbocycles. The Kier molecular flexibility index (Phi) is 3.13. The molecule has 4 nitrogen and oxygen atoms in total. The van der Waals surface area contributed by atoms with Gasteiger partial charge in [-0.15, -0.1) is 0 Å². The highest BCUT2D eigenvalue weighted by atomic mass is 19.4. The molecule has 0 aliphatic rings. The number of anilines is 2. The van der Waals surface area contributed by atoms with E-state index in [1.807, 2.05) is 0 Å². The Hall–Kier alpha value is -2.83. The molecule has 0 saturated carbocycles. The largest absolute Gasteiger partial charge is 0.434 e. The summed E-state index contributed by atoms with van der Waals surface area (Å²) in [4.78, 5) is 7.03. The number of benzene rings is 2.